The zero-order valence-corrected chi connectivity index (χ0v) is 25.3. The highest BCUT2D eigenvalue weighted by atomic mass is 28.2. The maximum atomic E-state index is 15.2. The molecule has 0 aromatic heterocycles. The lowest BCUT2D eigenvalue weighted by Gasteiger charge is -2.36. The number of carbonyl (C=O) groups is 3. The molecule has 3 aromatic rings. The molecule has 3 amide bonds. The first-order valence-corrected chi connectivity index (χ1v) is 16.1. The summed E-state index contributed by atoms with van der Waals surface area (Å²) in [4.78, 5) is 40.9. The lowest BCUT2D eigenvalue weighted by molar-refractivity contribution is -0.131. The van der Waals surface area contributed by atoms with Crippen molar-refractivity contribution in [1.82, 2.24) is 10.2 Å². The van der Waals surface area contributed by atoms with Gasteiger partial charge >= 0.3 is 0 Å². The summed E-state index contributed by atoms with van der Waals surface area (Å²) in [7, 11) is 0.0961. The first-order chi connectivity index (χ1) is 21.7. The molecule has 3 heterocycles. The average Bonchev–Trinajstić information content (AvgIpc) is 3.28. The summed E-state index contributed by atoms with van der Waals surface area (Å²) in [6.07, 6.45) is 0.517. The second-order valence-electron chi connectivity index (χ2n) is 11.4. The first-order valence-electron chi connectivity index (χ1n) is 14.8. The number of carbonyl (C=O) groups excluding carboxylic acids is 3. The van der Waals surface area contributed by atoms with Crippen LogP contribution >= 0.6 is 0 Å². The lowest BCUT2D eigenvalue weighted by Crippen LogP contribution is -2.49. The van der Waals surface area contributed by atoms with Crippen molar-refractivity contribution >= 4 is 32.9 Å². The number of anilines is 1. The molecule has 2 N–H and O–H groups in total. The van der Waals surface area contributed by atoms with Crippen LogP contribution in [0.25, 0.3) is 0 Å². The van der Waals surface area contributed by atoms with E-state index in [0.717, 1.165) is 0 Å². The molecular formula is C33H30F2N4O5Si. The number of nitrogens with zero attached hydrogens (tertiary/aromatic N) is 3. The Morgan fingerprint density at radius 2 is 1.87 bits per heavy atom. The number of benzene rings is 3. The maximum Gasteiger partial charge on any atom is 0.255 e. The zero-order chi connectivity index (χ0) is 31.7. The molecule has 2 saturated heterocycles. The van der Waals surface area contributed by atoms with Gasteiger partial charge < -0.3 is 19.6 Å². The number of piperidine rings is 1. The Balaban J connectivity index is 1.08. The van der Waals surface area contributed by atoms with Crippen LogP contribution in [0.3, 0.4) is 0 Å². The summed E-state index contributed by atoms with van der Waals surface area (Å²) in [6, 6.07) is 16.4. The molecule has 3 aliphatic rings. The zero-order valence-electron chi connectivity index (χ0n) is 24.3. The van der Waals surface area contributed by atoms with Gasteiger partial charge in [0, 0.05) is 36.2 Å². The molecule has 0 bridgehead atoms. The van der Waals surface area contributed by atoms with E-state index >= 15 is 4.39 Å². The molecule has 0 spiro atoms. The third-order valence-corrected chi connectivity index (χ3v) is 10.2. The highest BCUT2D eigenvalue weighted by Crippen LogP contribution is 2.35. The van der Waals surface area contributed by atoms with E-state index in [0.29, 0.717) is 60.1 Å². The van der Waals surface area contributed by atoms with Gasteiger partial charge in [0.25, 0.3) is 5.91 Å². The van der Waals surface area contributed by atoms with E-state index in [1.165, 1.54) is 17.0 Å². The number of amides is 3. The van der Waals surface area contributed by atoms with Gasteiger partial charge in [-0.15, -0.1) is 0 Å². The van der Waals surface area contributed by atoms with Crippen LogP contribution in [0, 0.1) is 28.9 Å². The number of hydrogen-bond acceptors (Lipinski definition) is 7. The Kier molecular flexibility index (Phi) is 8.65. The van der Waals surface area contributed by atoms with Crippen molar-refractivity contribution in [2.24, 2.45) is 5.92 Å². The van der Waals surface area contributed by atoms with Gasteiger partial charge in [0.2, 0.25) is 11.8 Å². The van der Waals surface area contributed by atoms with Crippen LogP contribution < -0.4 is 15.0 Å². The quantitative estimate of drug-likeness (QED) is 0.301. The number of nitriles is 1. The van der Waals surface area contributed by atoms with Crippen LogP contribution in [0.15, 0.2) is 54.6 Å². The van der Waals surface area contributed by atoms with Gasteiger partial charge in [0.1, 0.15) is 24.0 Å². The van der Waals surface area contributed by atoms with Gasteiger partial charge in [-0.2, -0.15) is 5.26 Å². The van der Waals surface area contributed by atoms with Crippen LogP contribution in [0.5, 0.6) is 5.75 Å². The van der Waals surface area contributed by atoms with Crippen molar-refractivity contribution in [3.05, 3.63) is 94.0 Å². The summed E-state index contributed by atoms with van der Waals surface area (Å²) in [6.45, 7) is 1.07. The third-order valence-electron chi connectivity index (χ3n) is 8.67. The number of halogens is 2. The number of aliphatic hydroxyl groups is 1. The Labute approximate surface area is 261 Å². The Bertz CT molecular complexity index is 1700. The van der Waals surface area contributed by atoms with Crippen molar-refractivity contribution in [3.63, 3.8) is 0 Å². The topological polar surface area (TPSA) is 123 Å². The number of fused-ring (bicyclic) bond motifs is 1. The summed E-state index contributed by atoms with van der Waals surface area (Å²) in [5.41, 5.74) is 1.69. The second kappa shape index (κ2) is 12.8. The first kappa shape index (κ1) is 30.4. The van der Waals surface area contributed by atoms with Crippen molar-refractivity contribution in [1.29, 1.82) is 5.26 Å². The fourth-order valence-electron chi connectivity index (χ4n) is 6.19. The lowest BCUT2D eigenvalue weighted by atomic mass is 9.87. The number of hydrogen-bond donors (Lipinski definition) is 2. The summed E-state index contributed by atoms with van der Waals surface area (Å²) in [5.74, 6) is -1.84. The van der Waals surface area contributed by atoms with Gasteiger partial charge in [0.15, 0.2) is 0 Å². The summed E-state index contributed by atoms with van der Waals surface area (Å²) in [5, 5.41) is 22.4. The molecule has 0 saturated carbocycles. The van der Waals surface area contributed by atoms with E-state index in [9.17, 15) is 23.9 Å². The molecule has 3 aromatic carbocycles. The normalized spacial score (nSPS) is 19.5. The van der Waals surface area contributed by atoms with Crippen molar-refractivity contribution in [3.8, 4) is 11.8 Å². The molecule has 230 valence electrons. The highest BCUT2D eigenvalue weighted by molar-refractivity contribution is 6.46. The molecule has 6 rings (SSSR count). The smallest absolute Gasteiger partial charge is 0.255 e. The standard InChI is InChI=1S/C33H30F2N4O5Si/c34-25-15-21(30(41)20-8-11-38(12-9-20)27-7-4-19(16-36)14-26(27)35)5-6-22(25)18-44-28-3-1-2-23-24(28)17-39(32(23)43)33-31(42)37-29(40)10-13-45-33/h1-7,14-15,20,30,33,41H,8-13,17-18H2,(H,37,40,42)/t30-,33+/m1/s1. The van der Waals surface area contributed by atoms with Crippen LogP contribution in [0.2, 0.25) is 6.04 Å². The fourth-order valence-corrected chi connectivity index (χ4v) is 7.52. The Morgan fingerprint density at radius 3 is 2.60 bits per heavy atom. The molecule has 0 unspecified atom stereocenters. The molecule has 2 radical (unpaired) electrons. The van der Waals surface area contributed by atoms with Gasteiger partial charge in [-0.1, -0.05) is 18.2 Å². The van der Waals surface area contributed by atoms with E-state index in [-0.39, 0.29) is 58.0 Å². The minimum absolute atomic E-state index is 0.0961. The molecule has 2 atom stereocenters. The third kappa shape index (κ3) is 6.18. The molecule has 0 aliphatic carbocycles. The predicted octanol–water partition coefficient (Wildman–Crippen LogP) is 3.82. The SMILES string of the molecule is N#Cc1ccc(N2CCC([C@@H](O)c3ccc(COc4cccc5c4CN([C@H]4[Si]CCC(=O)NC4=O)C5=O)c(F)c3)CC2)c(F)c1. The average molecular weight is 629 g/mol. The van der Waals surface area contributed by atoms with Crippen molar-refractivity contribution < 1.29 is 33.0 Å². The second-order valence-corrected chi connectivity index (χ2v) is 12.9. The number of imide groups is 1. The predicted molar refractivity (Wildman–Crippen MR) is 160 cm³/mol. The van der Waals surface area contributed by atoms with Crippen LogP contribution in [0.4, 0.5) is 14.5 Å². The van der Waals surface area contributed by atoms with Gasteiger partial charge in [-0.05, 0) is 66.8 Å². The monoisotopic (exact) mass is 628 g/mol. The molecule has 2 fully saturated rings. The number of aliphatic hydroxyl groups excluding tert-OH is 1. The summed E-state index contributed by atoms with van der Waals surface area (Å²) < 4.78 is 35.7. The number of rotatable bonds is 7. The van der Waals surface area contributed by atoms with Crippen LogP contribution in [0.1, 0.15) is 58.0 Å². The van der Waals surface area contributed by atoms with E-state index in [4.69, 9.17) is 10.00 Å². The van der Waals surface area contributed by atoms with Crippen molar-refractivity contribution in [2.75, 3.05) is 18.0 Å². The Morgan fingerprint density at radius 1 is 1.07 bits per heavy atom. The summed E-state index contributed by atoms with van der Waals surface area (Å²) >= 11 is 0. The molecule has 9 nitrogen and oxygen atoms in total. The van der Waals surface area contributed by atoms with Crippen LogP contribution in [-0.4, -0.2) is 56.0 Å². The van der Waals surface area contributed by atoms with E-state index in [1.807, 2.05) is 11.0 Å². The minimum Gasteiger partial charge on any atom is -0.488 e. The molecule has 3 aliphatic heterocycles. The van der Waals surface area contributed by atoms with E-state index in [2.05, 4.69) is 5.32 Å². The molecular weight excluding hydrogens is 598 g/mol. The van der Waals surface area contributed by atoms with Crippen LogP contribution in [-0.2, 0) is 22.7 Å². The maximum absolute atomic E-state index is 15.2. The van der Waals surface area contributed by atoms with Gasteiger partial charge in [-0.3, -0.25) is 19.7 Å². The molecule has 12 heteroatoms. The van der Waals surface area contributed by atoms with Gasteiger partial charge in [-0.25, -0.2) is 8.78 Å². The minimum atomic E-state index is -0.894. The van der Waals surface area contributed by atoms with Gasteiger partial charge in [0.05, 0.1) is 45.2 Å². The van der Waals surface area contributed by atoms with Crippen molar-refractivity contribution in [2.45, 2.75) is 50.2 Å². The van der Waals surface area contributed by atoms with E-state index < -0.39 is 29.3 Å². The fraction of sp³-hybridized carbons (Fsp3) is 0.333. The molecule has 45 heavy (non-hydrogen) atoms. The van der Waals surface area contributed by atoms with E-state index in [1.54, 1.807) is 42.5 Å². The number of nitrogens with one attached hydrogen (secondary N) is 1. The largest absolute Gasteiger partial charge is 0.488 e. The number of ether oxygens (including phenoxy) is 1. The highest BCUT2D eigenvalue weighted by Gasteiger charge is 2.39. The Hall–Kier alpha value is -4.60.